The Kier molecular flexibility index (Phi) is 5.45. The summed E-state index contributed by atoms with van der Waals surface area (Å²) in [5, 5.41) is 16.8. The maximum Gasteiger partial charge on any atom is 0.261 e. The number of hydrogen-bond donors (Lipinski definition) is 2. The van der Waals surface area contributed by atoms with Crippen LogP contribution in [0.5, 0.6) is 0 Å². The molecule has 1 aliphatic carbocycles. The summed E-state index contributed by atoms with van der Waals surface area (Å²) in [6, 6.07) is 8.53. The summed E-state index contributed by atoms with van der Waals surface area (Å²) in [6.45, 7) is 2.14. The molecule has 1 aromatic carbocycles. The van der Waals surface area contributed by atoms with Crippen molar-refractivity contribution in [1.82, 2.24) is 19.1 Å². The molecule has 9 nitrogen and oxygen atoms in total. The molecule has 1 aliphatic heterocycles. The van der Waals surface area contributed by atoms with Crippen molar-refractivity contribution in [3.05, 3.63) is 46.4 Å². The molecule has 184 valence electrons. The molecule has 2 N–H and O–H groups in total. The molecule has 1 fully saturated rings. The largest absolute Gasteiger partial charge is 0.338 e. The second-order valence-corrected chi connectivity index (χ2v) is 11.2. The zero-order valence-corrected chi connectivity index (χ0v) is 19.8. The molecule has 2 aromatic heterocycles. The number of aryl methyl sites for hydroxylation is 1. The van der Waals surface area contributed by atoms with Gasteiger partial charge < -0.3 is 10.3 Å². The molecule has 0 unspecified atom stereocenters. The van der Waals surface area contributed by atoms with Crippen molar-refractivity contribution in [1.29, 1.82) is 5.26 Å². The lowest BCUT2D eigenvalue weighted by Gasteiger charge is -2.42. The molecular weight excluding hydrogens is 478 g/mol. The van der Waals surface area contributed by atoms with Crippen LogP contribution in [-0.2, 0) is 23.1 Å². The third kappa shape index (κ3) is 3.98. The Morgan fingerprint density at radius 2 is 1.97 bits per heavy atom. The first-order valence-corrected chi connectivity index (χ1v) is 12.7. The van der Waals surface area contributed by atoms with Gasteiger partial charge in [0.1, 0.15) is 5.39 Å². The number of aromatic amines is 1. The van der Waals surface area contributed by atoms with E-state index in [1.165, 1.54) is 16.6 Å². The van der Waals surface area contributed by atoms with Crippen molar-refractivity contribution in [3.63, 3.8) is 0 Å². The molecule has 0 spiro atoms. The Labute approximate surface area is 200 Å². The van der Waals surface area contributed by atoms with Gasteiger partial charge in [0.2, 0.25) is 15.9 Å². The molecule has 1 saturated carbocycles. The Bertz CT molecular complexity index is 1510. The number of sulfonamides is 1. The van der Waals surface area contributed by atoms with E-state index >= 15 is 0 Å². The van der Waals surface area contributed by atoms with E-state index in [1.54, 1.807) is 29.8 Å². The highest BCUT2D eigenvalue weighted by molar-refractivity contribution is 7.89. The van der Waals surface area contributed by atoms with Gasteiger partial charge in [0.05, 0.1) is 29.4 Å². The Morgan fingerprint density at radius 1 is 1.23 bits per heavy atom. The third-order valence-corrected chi connectivity index (χ3v) is 9.08. The molecule has 0 amide bonds. The minimum atomic E-state index is -3.82. The monoisotopic (exact) mass is 502 g/mol. The predicted octanol–water partition coefficient (Wildman–Crippen LogP) is 3.85. The SMILES string of the molecule is CC1(N2Cc3cc(Nc4nn(CCC#N)c5cc[nH]c(=O)c45)ccc3S2(=O)=O)CCC(F)(F)CC1. The van der Waals surface area contributed by atoms with Gasteiger partial charge in [-0.05, 0) is 49.6 Å². The fraction of sp³-hybridized carbons (Fsp3) is 0.435. The molecule has 0 saturated heterocycles. The van der Waals surface area contributed by atoms with Gasteiger partial charge in [-0.1, -0.05) is 0 Å². The first kappa shape index (κ1) is 23.4. The Balaban J connectivity index is 1.46. The quantitative estimate of drug-likeness (QED) is 0.546. The van der Waals surface area contributed by atoms with Crippen molar-refractivity contribution >= 4 is 32.4 Å². The van der Waals surface area contributed by atoms with Gasteiger partial charge in [-0.3, -0.25) is 9.48 Å². The smallest absolute Gasteiger partial charge is 0.261 e. The molecule has 12 heteroatoms. The molecule has 35 heavy (non-hydrogen) atoms. The summed E-state index contributed by atoms with van der Waals surface area (Å²) in [7, 11) is -3.82. The second-order valence-electron chi connectivity index (χ2n) is 9.36. The number of benzene rings is 1. The number of hydrogen-bond acceptors (Lipinski definition) is 6. The van der Waals surface area contributed by atoms with Crippen LogP contribution in [0.3, 0.4) is 0 Å². The summed E-state index contributed by atoms with van der Waals surface area (Å²) >= 11 is 0. The number of halogens is 2. The van der Waals surface area contributed by atoms with Crippen molar-refractivity contribution in [3.8, 4) is 6.07 Å². The number of pyridine rings is 1. The normalized spacial score (nSPS) is 20.4. The van der Waals surface area contributed by atoms with E-state index < -0.39 is 21.5 Å². The number of nitrogens with zero attached hydrogens (tertiary/aromatic N) is 4. The number of fused-ring (bicyclic) bond motifs is 2. The van der Waals surface area contributed by atoms with E-state index in [0.29, 0.717) is 34.5 Å². The van der Waals surface area contributed by atoms with Crippen LogP contribution in [0.4, 0.5) is 20.3 Å². The first-order chi connectivity index (χ1) is 16.5. The average molecular weight is 503 g/mol. The zero-order chi connectivity index (χ0) is 25.0. The van der Waals surface area contributed by atoms with Crippen LogP contribution in [0, 0.1) is 11.3 Å². The van der Waals surface area contributed by atoms with Gasteiger partial charge in [-0.2, -0.15) is 14.7 Å². The van der Waals surface area contributed by atoms with Gasteiger partial charge in [-0.25, -0.2) is 17.2 Å². The molecule has 5 rings (SSSR count). The maximum absolute atomic E-state index is 13.7. The number of rotatable bonds is 5. The zero-order valence-electron chi connectivity index (χ0n) is 19.0. The Hall–Kier alpha value is -3.30. The van der Waals surface area contributed by atoms with E-state index in [9.17, 15) is 22.0 Å². The predicted molar refractivity (Wildman–Crippen MR) is 125 cm³/mol. The summed E-state index contributed by atoms with van der Waals surface area (Å²) in [4.78, 5) is 15.3. The molecular formula is C23H24F2N6O3S. The van der Waals surface area contributed by atoms with E-state index in [-0.39, 0.29) is 49.1 Å². The van der Waals surface area contributed by atoms with E-state index in [1.807, 2.05) is 0 Å². The number of nitriles is 1. The lowest BCUT2D eigenvalue weighted by atomic mass is 9.81. The van der Waals surface area contributed by atoms with Crippen LogP contribution < -0.4 is 10.9 Å². The molecule has 3 heterocycles. The topological polar surface area (TPSA) is 124 Å². The van der Waals surface area contributed by atoms with Crippen LogP contribution in [0.1, 0.15) is 44.6 Å². The van der Waals surface area contributed by atoms with Gasteiger partial charge in [0.25, 0.3) is 5.56 Å². The highest BCUT2D eigenvalue weighted by Gasteiger charge is 2.50. The van der Waals surface area contributed by atoms with Crippen LogP contribution >= 0.6 is 0 Å². The average Bonchev–Trinajstić information content (AvgIpc) is 3.30. The summed E-state index contributed by atoms with van der Waals surface area (Å²) in [5.74, 6) is -2.47. The summed E-state index contributed by atoms with van der Waals surface area (Å²) in [5.41, 5.74) is 0.441. The highest BCUT2D eigenvalue weighted by atomic mass is 32.2. The number of alkyl halides is 2. The number of aromatic nitrogens is 3. The third-order valence-electron chi connectivity index (χ3n) is 6.98. The molecule has 2 aliphatic rings. The number of H-pyrrole nitrogens is 1. The first-order valence-electron chi connectivity index (χ1n) is 11.3. The van der Waals surface area contributed by atoms with E-state index in [0.717, 1.165) is 0 Å². The van der Waals surface area contributed by atoms with E-state index in [4.69, 9.17) is 5.26 Å². The fourth-order valence-corrected chi connectivity index (χ4v) is 6.97. The highest BCUT2D eigenvalue weighted by Crippen LogP contribution is 2.46. The van der Waals surface area contributed by atoms with Crippen molar-refractivity contribution < 1.29 is 17.2 Å². The van der Waals surface area contributed by atoms with Gasteiger partial charge in [0.15, 0.2) is 5.82 Å². The van der Waals surface area contributed by atoms with Crippen LogP contribution in [0.25, 0.3) is 10.9 Å². The maximum atomic E-state index is 13.7. The molecule has 0 bridgehead atoms. The molecule has 0 atom stereocenters. The fourth-order valence-electron chi connectivity index (χ4n) is 4.96. The van der Waals surface area contributed by atoms with Crippen molar-refractivity contribution in [2.75, 3.05) is 5.32 Å². The minimum absolute atomic E-state index is 0.0905. The van der Waals surface area contributed by atoms with Gasteiger partial charge in [0, 0.05) is 36.8 Å². The second kappa shape index (κ2) is 8.13. The molecule has 3 aromatic rings. The van der Waals surface area contributed by atoms with E-state index in [2.05, 4.69) is 21.5 Å². The minimum Gasteiger partial charge on any atom is -0.338 e. The van der Waals surface area contributed by atoms with Gasteiger partial charge in [-0.15, -0.1) is 0 Å². The number of anilines is 2. The van der Waals surface area contributed by atoms with Crippen molar-refractivity contribution in [2.24, 2.45) is 0 Å². The van der Waals surface area contributed by atoms with Crippen LogP contribution in [0.2, 0.25) is 0 Å². The van der Waals surface area contributed by atoms with Crippen LogP contribution in [0.15, 0.2) is 40.2 Å². The molecule has 0 radical (unpaired) electrons. The van der Waals surface area contributed by atoms with Gasteiger partial charge >= 0.3 is 0 Å². The lowest BCUT2D eigenvalue weighted by Crippen LogP contribution is -2.50. The Morgan fingerprint density at radius 3 is 2.69 bits per heavy atom. The standard InChI is InChI=1S/C23H24F2N6O3S/c1-22(6-8-23(24,25)9-7-22)31-14-15-13-16(3-4-18(15)35(31,33)34)28-20-19-17(5-11-27-21(19)32)30(29-20)12-2-10-26/h3-5,11,13H,2,6-9,12,14H2,1H3,(H,27,32)(H,28,29). The lowest BCUT2D eigenvalue weighted by molar-refractivity contribution is -0.0649. The van der Waals surface area contributed by atoms with Crippen molar-refractivity contribution in [2.45, 2.75) is 68.5 Å². The summed E-state index contributed by atoms with van der Waals surface area (Å²) in [6.07, 6.45) is 1.24. The number of nitrogens with one attached hydrogen (secondary N) is 2. The summed E-state index contributed by atoms with van der Waals surface area (Å²) < 4.78 is 56.9. The van der Waals surface area contributed by atoms with Crippen LogP contribution in [-0.4, -0.2) is 38.9 Å².